The van der Waals surface area contributed by atoms with Crippen LogP contribution in [-0.2, 0) is 11.2 Å². The topological polar surface area (TPSA) is 67.0 Å². The van der Waals surface area contributed by atoms with E-state index in [1.54, 1.807) is 12.4 Å². The van der Waals surface area contributed by atoms with E-state index >= 15 is 0 Å². The maximum atomic E-state index is 13.2. The Labute approximate surface area is 114 Å². The van der Waals surface area contributed by atoms with E-state index in [2.05, 4.69) is 15.3 Å². The number of halogens is 2. The van der Waals surface area contributed by atoms with Gasteiger partial charge in [-0.05, 0) is 12.1 Å². The number of carbonyl (C=O) groups is 1. The van der Waals surface area contributed by atoms with E-state index in [4.69, 9.17) is 4.74 Å². The van der Waals surface area contributed by atoms with Crippen molar-refractivity contribution in [2.24, 2.45) is 0 Å². The van der Waals surface area contributed by atoms with Crippen LogP contribution in [0.15, 0.2) is 30.6 Å². The molecule has 0 atom stereocenters. The summed E-state index contributed by atoms with van der Waals surface area (Å²) in [6.07, 6.45) is 3.87. The minimum atomic E-state index is -0.839. The van der Waals surface area contributed by atoms with Crippen LogP contribution in [0.25, 0.3) is 0 Å². The van der Waals surface area contributed by atoms with E-state index in [1.807, 2.05) is 0 Å². The molecule has 2 aromatic rings. The van der Waals surface area contributed by atoms with E-state index in [1.165, 1.54) is 0 Å². The summed E-state index contributed by atoms with van der Waals surface area (Å²) in [7, 11) is 0. The molecule has 0 aliphatic carbocycles. The Morgan fingerprint density at radius 1 is 1.40 bits per heavy atom. The number of imidazole rings is 1. The number of nitrogens with one attached hydrogen (secondary N) is 2. The summed E-state index contributed by atoms with van der Waals surface area (Å²) in [6, 6.07) is 2.90. The van der Waals surface area contributed by atoms with Crippen molar-refractivity contribution in [3.05, 3.63) is 48.1 Å². The molecule has 2 N–H and O–H groups in total. The molecule has 0 bridgehead atoms. The van der Waals surface area contributed by atoms with Gasteiger partial charge in [0.1, 0.15) is 11.6 Å². The van der Waals surface area contributed by atoms with Crippen LogP contribution in [0.3, 0.4) is 0 Å². The Bertz CT molecular complexity index is 573. The van der Waals surface area contributed by atoms with Crippen LogP contribution in [0.4, 0.5) is 8.78 Å². The van der Waals surface area contributed by atoms with Crippen molar-refractivity contribution in [1.29, 1.82) is 0 Å². The predicted octanol–water partition coefficient (Wildman–Crippen LogP) is 1.43. The zero-order chi connectivity index (χ0) is 14.4. The number of ether oxygens (including phenoxy) is 1. The second-order valence-corrected chi connectivity index (χ2v) is 4.00. The van der Waals surface area contributed by atoms with Crippen LogP contribution in [0.5, 0.6) is 5.75 Å². The molecular weight excluding hydrogens is 268 g/mol. The third-order valence-corrected chi connectivity index (χ3v) is 2.49. The van der Waals surface area contributed by atoms with Crippen molar-refractivity contribution < 1.29 is 18.3 Å². The zero-order valence-electron chi connectivity index (χ0n) is 10.5. The lowest BCUT2D eigenvalue weighted by Crippen LogP contribution is -2.30. The normalized spacial score (nSPS) is 10.3. The van der Waals surface area contributed by atoms with Gasteiger partial charge >= 0.3 is 0 Å². The smallest absolute Gasteiger partial charge is 0.257 e. The molecule has 7 heteroatoms. The first-order chi connectivity index (χ1) is 9.65. The summed E-state index contributed by atoms with van der Waals surface area (Å²) in [5.74, 6) is -1.32. The molecule has 0 radical (unpaired) electrons. The highest BCUT2D eigenvalue weighted by molar-refractivity contribution is 5.77. The molecule has 0 spiro atoms. The molecule has 5 nitrogen and oxygen atoms in total. The average Bonchev–Trinajstić information content (AvgIpc) is 2.91. The first-order valence-corrected chi connectivity index (χ1v) is 5.98. The fourth-order valence-corrected chi connectivity index (χ4v) is 1.54. The molecule has 1 amide bonds. The molecule has 0 saturated carbocycles. The van der Waals surface area contributed by atoms with Gasteiger partial charge in [-0.25, -0.2) is 13.8 Å². The molecule has 1 heterocycles. The third-order valence-electron chi connectivity index (χ3n) is 2.49. The number of benzene rings is 1. The largest absolute Gasteiger partial charge is 0.481 e. The molecule has 1 aromatic carbocycles. The number of aromatic nitrogens is 2. The molecule has 0 aliphatic rings. The number of nitrogens with zero attached hydrogens (tertiary/aromatic N) is 1. The minimum absolute atomic E-state index is 0.160. The lowest BCUT2D eigenvalue weighted by atomic mass is 10.3. The lowest BCUT2D eigenvalue weighted by Gasteiger charge is -2.07. The van der Waals surface area contributed by atoms with Gasteiger partial charge < -0.3 is 15.0 Å². The Morgan fingerprint density at radius 2 is 2.25 bits per heavy atom. The van der Waals surface area contributed by atoms with Gasteiger partial charge in [0.2, 0.25) is 0 Å². The average molecular weight is 281 g/mol. The molecule has 0 aliphatic heterocycles. The van der Waals surface area contributed by atoms with Gasteiger partial charge in [-0.1, -0.05) is 0 Å². The summed E-state index contributed by atoms with van der Waals surface area (Å²) in [4.78, 5) is 18.4. The maximum absolute atomic E-state index is 13.2. The minimum Gasteiger partial charge on any atom is -0.481 e. The van der Waals surface area contributed by atoms with Gasteiger partial charge in [0.05, 0.1) is 0 Å². The number of carbonyl (C=O) groups excluding carboxylic acids is 1. The molecule has 0 unspecified atom stereocenters. The summed E-state index contributed by atoms with van der Waals surface area (Å²) in [6.45, 7) is 0.0579. The van der Waals surface area contributed by atoms with E-state index in [9.17, 15) is 13.6 Å². The fourth-order valence-electron chi connectivity index (χ4n) is 1.54. The standard InChI is InChI=1S/C13H13F2N3O2/c14-9-1-2-11(10(15)7-9)20-8-13(19)18-4-3-12-16-5-6-17-12/h1-2,5-7H,3-4,8H2,(H,16,17)(H,18,19). The number of hydrogen-bond donors (Lipinski definition) is 2. The van der Waals surface area contributed by atoms with Crippen molar-refractivity contribution in [3.63, 3.8) is 0 Å². The van der Waals surface area contributed by atoms with Gasteiger partial charge in [0.15, 0.2) is 18.2 Å². The predicted molar refractivity (Wildman–Crippen MR) is 67.2 cm³/mol. The van der Waals surface area contributed by atoms with Gasteiger partial charge in [-0.3, -0.25) is 4.79 Å². The van der Waals surface area contributed by atoms with Crippen molar-refractivity contribution in [2.45, 2.75) is 6.42 Å². The summed E-state index contributed by atoms with van der Waals surface area (Å²) >= 11 is 0. The number of hydrogen-bond acceptors (Lipinski definition) is 3. The molecular formula is C13H13F2N3O2. The molecule has 106 valence electrons. The van der Waals surface area contributed by atoms with Gasteiger partial charge in [0.25, 0.3) is 5.91 Å². The van der Waals surface area contributed by atoms with Crippen molar-refractivity contribution in [3.8, 4) is 5.75 Å². The van der Waals surface area contributed by atoms with E-state index in [0.717, 1.165) is 18.0 Å². The molecule has 1 aromatic heterocycles. The number of aromatic amines is 1. The molecule has 0 saturated heterocycles. The summed E-state index contributed by atoms with van der Waals surface area (Å²) in [5.41, 5.74) is 0. The number of H-pyrrole nitrogens is 1. The van der Waals surface area contributed by atoms with Crippen LogP contribution in [-0.4, -0.2) is 29.0 Å². The fraction of sp³-hybridized carbons (Fsp3) is 0.231. The lowest BCUT2D eigenvalue weighted by molar-refractivity contribution is -0.123. The Balaban J connectivity index is 1.72. The van der Waals surface area contributed by atoms with Crippen molar-refractivity contribution in [2.75, 3.05) is 13.2 Å². The maximum Gasteiger partial charge on any atom is 0.257 e. The number of rotatable bonds is 6. The van der Waals surface area contributed by atoms with Gasteiger partial charge in [-0.15, -0.1) is 0 Å². The SMILES string of the molecule is O=C(COc1ccc(F)cc1F)NCCc1ncc[nH]1. The zero-order valence-corrected chi connectivity index (χ0v) is 10.5. The monoisotopic (exact) mass is 281 g/mol. The van der Waals surface area contributed by atoms with E-state index in [-0.39, 0.29) is 18.3 Å². The quantitative estimate of drug-likeness (QED) is 0.841. The summed E-state index contributed by atoms with van der Waals surface area (Å²) in [5, 5.41) is 2.60. The van der Waals surface area contributed by atoms with Crippen molar-refractivity contribution >= 4 is 5.91 Å². The highest BCUT2D eigenvalue weighted by atomic mass is 19.1. The molecule has 20 heavy (non-hydrogen) atoms. The Kier molecular flexibility index (Phi) is 4.65. The first kappa shape index (κ1) is 14.0. The molecule has 2 rings (SSSR count). The Morgan fingerprint density at radius 3 is 2.95 bits per heavy atom. The summed E-state index contributed by atoms with van der Waals surface area (Å²) < 4.78 is 30.9. The van der Waals surface area contributed by atoms with Crippen molar-refractivity contribution in [1.82, 2.24) is 15.3 Å². The van der Waals surface area contributed by atoms with Crippen LogP contribution in [0.1, 0.15) is 5.82 Å². The van der Waals surface area contributed by atoms with Gasteiger partial charge in [-0.2, -0.15) is 0 Å². The first-order valence-electron chi connectivity index (χ1n) is 5.98. The highest BCUT2D eigenvalue weighted by Crippen LogP contribution is 2.17. The van der Waals surface area contributed by atoms with Crippen LogP contribution in [0, 0.1) is 11.6 Å². The molecule has 0 fully saturated rings. The second kappa shape index (κ2) is 6.65. The van der Waals surface area contributed by atoms with Gasteiger partial charge in [0, 0.05) is 31.4 Å². The van der Waals surface area contributed by atoms with Crippen LogP contribution < -0.4 is 10.1 Å². The Hall–Kier alpha value is -2.44. The van der Waals surface area contributed by atoms with E-state index < -0.39 is 11.6 Å². The highest BCUT2D eigenvalue weighted by Gasteiger charge is 2.07. The number of amides is 1. The van der Waals surface area contributed by atoms with Crippen LogP contribution >= 0.6 is 0 Å². The third kappa shape index (κ3) is 4.04. The van der Waals surface area contributed by atoms with Crippen LogP contribution in [0.2, 0.25) is 0 Å². The second-order valence-electron chi connectivity index (χ2n) is 4.00. The van der Waals surface area contributed by atoms with E-state index in [0.29, 0.717) is 19.0 Å².